The van der Waals surface area contributed by atoms with E-state index >= 15 is 0 Å². The van der Waals surface area contributed by atoms with Gasteiger partial charge < -0.3 is 4.42 Å². The summed E-state index contributed by atoms with van der Waals surface area (Å²) in [5.74, 6) is 3.49. The Morgan fingerprint density at radius 1 is 0.273 bits per heavy atom. The van der Waals surface area contributed by atoms with Crippen molar-refractivity contribution in [2.45, 2.75) is 0 Å². The van der Waals surface area contributed by atoms with E-state index in [9.17, 15) is 0 Å². The standard InChI is InChI=1S/C48H30N6O/c1-5-14-31(15-6-1)32-24-26-36(27-25-32)46-50-45(35-20-11-4-12-21-35)53-48(54-46)38-22-13-23-41-42(38)39-30-37(28-29-40(39)55-41)47-51-43(33-16-7-2-8-17-33)49-44(52-47)34-18-9-3-10-19-34/h1-30H. The highest BCUT2D eigenvalue weighted by atomic mass is 16.3. The van der Waals surface area contributed by atoms with Crippen LogP contribution in [0.1, 0.15) is 0 Å². The van der Waals surface area contributed by atoms with Crippen LogP contribution in [-0.4, -0.2) is 29.9 Å². The average Bonchev–Trinajstić information content (AvgIpc) is 3.66. The summed E-state index contributed by atoms with van der Waals surface area (Å²) in [5, 5.41) is 1.80. The van der Waals surface area contributed by atoms with Crippen LogP contribution < -0.4 is 0 Å². The minimum Gasteiger partial charge on any atom is -0.456 e. The second-order valence-corrected chi connectivity index (χ2v) is 13.1. The fourth-order valence-corrected chi connectivity index (χ4v) is 6.87. The molecule has 0 spiro atoms. The summed E-state index contributed by atoms with van der Waals surface area (Å²) in [6, 6.07) is 60.7. The lowest BCUT2D eigenvalue weighted by molar-refractivity contribution is 0.669. The minimum atomic E-state index is 0.549. The number of nitrogens with zero attached hydrogens (tertiary/aromatic N) is 6. The maximum atomic E-state index is 6.45. The van der Waals surface area contributed by atoms with Crippen LogP contribution in [0.3, 0.4) is 0 Å². The van der Waals surface area contributed by atoms with E-state index < -0.39 is 0 Å². The predicted octanol–water partition coefficient (Wildman–Crippen LogP) is 11.6. The first-order valence-corrected chi connectivity index (χ1v) is 18.0. The van der Waals surface area contributed by atoms with Crippen LogP contribution in [0.5, 0.6) is 0 Å². The van der Waals surface area contributed by atoms with Crippen molar-refractivity contribution in [3.8, 4) is 79.5 Å². The Labute approximate surface area is 316 Å². The molecular weight excluding hydrogens is 677 g/mol. The molecule has 10 aromatic rings. The summed E-state index contributed by atoms with van der Waals surface area (Å²) in [5.41, 5.74) is 9.03. The van der Waals surface area contributed by atoms with Gasteiger partial charge in [-0.05, 0) is 35.4 Å². The van der Waals surface area contributed by atoms with Crippen LogP contribution in [-0.2, 0) is 0 Å². The number of benzene rings is 7. The Kier molecular flexibility index (Phi) is 8.00. The van der Waals surface area contributed by atoms with Crippen LogP contribution in [0.4, 0.5) is 0 Å². The van der Waals surface area contributed by atoms with Crippen molar-refractivity contribution in [2.75, 3.05) is 0 Å². The van der Waals surface area contributed by atoms with Crippen molar-refractivity contribution < 1.29 is 4.42 Å². The van der Waals surface area contributed by atoms with E-state index in [1.807, 2.05) is 140 Å². The van der Waals surface area contributed by atoms with Crippen LogP contribution in [0, 0.1) is 0 Å². The summed E-state index contributed by atoms with van der Waals surface area (Å²) < 4.78 is 6.45. The summed E-state index contributed by atoms with van der Waals surface area (Å²) in [6.45, 7) is 0. The molecule has 55 heavy (non-hydrogen) atoms. The molecule has 3 aromatic heterocycles. The third-order valence-electron chi connectivity index (χ3n) is 9.61. The summed E-state index contributed by atoms with van der Waals surface area (Å²) >= 11 is 0. The molecule has 0 amide bonds. The monoisotopic (exact) mass is 706 g/mol. The van der Waals surface area contributed by atoms with E-state index in [1.54, 1.807) is 0 Å². The first kappa shape index (κ1) is 32.0. The van der Waals surface area contributed by atoms with E-state index in [-0.39, 0.29) is 0 Å². The quantitative estimate of drug-likeness (QED) is 0.163. The molecule has 0 radical (unpaired) electrons. The zero-order chi connectivity index (χ0) is 36.6. The van der Waals surface area contributed by atoms with Crippen LogP contribution in [0.15, 0.2) is 186 Å². The Hall–Kier alpha value is -7.64. The molecule has 0 bridgehead atoms. The van der Waals surface area contributed by atoms with Crippen LogP contribution in [0.2, 0.25) is 0 Å². The fourth-order valence-electron chi connectivity index (χ4n) is 6.87. The van der Waals surface area contributed by atoms with Gasteiger partial charge in [0.25, 0.3) is 0 Å². The third kappa shape index (κ3) is 6.19. The minimum absolute atomic E-state index is 0.549. The van der Waals surface area contributed by atoms with Gasteiger partial charge in [-0.25, -0.2) is 29.9 Å². The highest BCUT2D eigenvalue weighted by Gasteiger charge is 2.20. The van der Waals surface area contributed by atoms with Crippen molar-refractivity contribution in [2.24, 2.45) is 0 Å². The molecule has 7 aromatic carbocycles. The third-order valence-corrected chi connectivity index (χ3v) is 9.61. The van der Waals surface area contributed by atoms with Gasteiger partial charge in [0.2, 0.25) is 0 Å². The van der Waals surface area contributed by atoms with Crippen molar-refractivity contribution in [3.05, 3.63) is 182 Å². The molecule has 0 unspecified atom stereocenters. The van der Waals surface area contributed by atoms with Crippen molar-refractivity contribution in [1.82, 2.24) is 29.9 Å². The molecular formula is C48H30N6O. The number of fused-ring (bicyclic) bond motifs is 3. The summed E-state index contributed by atoms with van der Waals surface area (Å²) in [4.78, 5) is 30.0. The van der Waals surface area contributed by atoms with Gasteiger partial charge in [0, 0.05) is 44.2 Å². The predicted molar refractivity (Wildman–Crippen MR) is 219 cm³/mol. The second kappa shape index (κ2) is 13.7. The zero-order valence-corrected chi connectivity index (χ0v) is 29.4. The molecule has 0 aliphatic carbocycles. The number of rotatable bonds is 7. The van der Waals surface area contributed by atoms with Gasteiger partial charge in [-0.15, -0.1) is 0 Å². The van der Waals surface area contributed by atoms with E-state index in [4.69, 9.17) is 34.3 Å². The van der Waals surface area contributed by atoms with E-state index in [1.165, 1.54) is 0 Å². The number of hydrogen-bond donors (Lipinski definition) is 0. The fraction of sp³-hybridized carbons (Fsp3) is 0. The number of furan rings is 1. The topological polar surface area (TPSA) is 90.5 Å². The lowest BCUT2D eigenvalue weighted by Crippen LogP contribution is -2.00. The summed E-state index contributed by atoms with van der Waals surface area (Å²) in [7, 11) is 0. The normalized spacial score (nSPS) is 11.3. The van der Waals surface area contributed by atoms with E-state index in [2.05, 4.69) is 42.5 Å². The van der Waals surface area contributed by atoms with E-state index in [0.717, 1.165) is 66.4 Å². The Morgan fingerprint density at radius 2 is 0.655 bits per heavy atom. The Bertz CT molecular complexity index is 2890. The molecule has 0 atom stereocenters. The molecule has 10 rings (SSSR count). The number of aromatic nitrogens is 6. The van der Waals surface area contributed by atoms with Gasteiger partial charge in [-0.1, -0.05) is 158 Å². The lowest BCUT2D eigenvalue weighted by Gasteiger charge is -2.10. The summed E-state index contributed by atoms with van der Waals surface area (Å²) in [6.07, 6.45) is 0. The maximum absolute atomic E-state index is 6.45. The Morgan fingerprint density at radius 3 is 1.16 bits per heavy atom. The van der Waals surface area contributed by atoms with Gasteiger partial charge in [-0.3, -0.25) is 0 Å². The SMILES string of the molecule is c1ccc(-c2ccc(-c3nc(-c4ccccc4)nc(-c4cccc5oc6ccc(-c7nc(-c8ccccc8)nc(-c8ccccc8)n7)cc6c45)n3)cc2)cc1. The molecule has 3 heterocycles. The first-order chi connectivity index (χ1) is 27.2. The van der Waals surface area contributed by atoms with Gasteiger partial charge in [0.05, 0.1) is 0 Å². The van der Waals surface area contributed by atoms with Crippen LogP contribution in [0.25, 0.3) is 101 Å². The van der Waals surface area contributed by atoms with Gasteiger partial charge in [0.15, 0.2) is 34.9 Å². The lowest BCUT2D eigenvalue weighted by atomic mass is 10.0. The average molecular weight is 707 g/mol. The maximum Gasteiger partial charge on any atom is 0.164 e. The molecule has 7 nitrogen and oxygen atoms in total. The smallest absolute Gasteiger partial charge is 0.164 e. The van der Waals surface area contributed by atoms with Gasteiger partial charge in [0.1, 0.15) is 11.2 Å². The highest BCUT2D eigenvalue weighted by molar-refractivity contribution is 6.12. The van der Waals surface area contributed by atoms with Crippen molar-refractivity contribution in [1.29, 1.82) is 0 Å². The molecule has 0 N–H and O–H groups in total. The largest absolute Gasteiger partial charge is 0.456 e. The molecule has 0 aliphatic heterocycles. The van der Waals surface area contributed by atoms with E-state index in [0.29, 0.717) is 34.9 Å². The number of hydrogen-bond acceptors (Lipinski definition) is 7. The molecule has 0 saturated carbocycles. The Balaban J connectivity index is 1.14. The highest BCUT2D eigenvalue weighted by Crippen LogP contribution is 2.38. The molecule has 0 fully saturated rings. The van der Waals surface area contributed by atoms with Crippen molar-refractivity contribution in [3.63, 3.8) is 0 Å². The molecule has 258 valence electrons. The van der Waals surface area contributed by atoms with Gasteiger partial charge >= 0.3 is 0 Å². The second-order valence-electron chi connectivity index (χ2n) is 13.1. The zero-order valence-electron chi connectivity index (χ0n) is 29.4. The van der Waals surface area contributed by atoms with Gasteiger partial charge in [-0.2, -0.15) is 0 Å². The first-order valence-electron chi connectivity index (χ1n) is 18.0. The van der Waals surface area contributed by atoms with Crippen molar-refractivity contribution >= 4 is 21.9 Å². The van der Waals surface area contributed by atoms with Crippen LogP contribution >= 0.6 is 0 Å². The molecule has 7 heteroatoms. The molecule has 0 aliphatic rings. The molecule has 0 saturated heterocycles.